The molecule has 1 rings (SSSR count). The van der Waals surface area contributed by atoms with Crippen LogP contribution in [0.1, 0.15) is 41.0 Å². The summed E-state index contributed by atoms with van der Waals surface area (Å²) in [5.74, 6) is 0.420. The van der Waals surface area contributed by atoms with Crippen LogP contribution in [-0.2, 0) is 0 Å². The molecule has 0 spiro atoms. The van der Waals surface area contributed by atoms with Gasteiger partial charge in [0, 0.05) is 18.6 Å². The van der Waals surface area contributed by atoms with Crippen LogP contribution >= 0.6 is 0 Å². The molecule has 3 nitrogen and oxygen atoms in total. The molecule has 0 aromatic heterocycles. The van der Waals surface area contributed by atoms with Crippen molar-refractivity contribution in [3.8, 4) is 0 Å². The number of likely N-dealkylation sites (tertiary alicyclic amines) is 1. The van der Waals surface area contributed by atoms with E-state index >= 15 is 0 Å². The molecule has 0 aromatic rings. The highest BCUT2D eigenvalue weighted by molar-refractivity contribution is 4.93. The minimum Gasteiger partial charge on any atom is -0.393 e. The number of aliphatic hydroxyl groups excluding tert-OH is 1. The lowest BCUT2D eigenvalue weighted by Gasteiger charge is -2.41. The predicted octanol–water partition coefficient (Wildman–Crippen LogP) is 1.45. The van der Waals surface area contributed by atoms with Crippen molar-refractivity contribution >= 4 is 0 Å². The molecule has 1 aliphatic heterocycles. The second kappa shape index (κ2) is 5.03. The van der Waals surface area contributed by atoms with Crippen LogP contribution in [0.4, 0.5) is 0 Å². The van der Waals surface area contributed by atoms with Crippen molar-refractivity contribution in [3.05, 3.63) is 0 Å². The number of hydrogen-bond donors (Lipinski definition) is 2. The molecule has 1 heterocycles. The van der Waals surface area contributed by atoms with E-state index < -0.39 is 0 Å². The highest BCUT2D eigenvalue weighted by Gasteiger charge is 2.38. The molecule has 0 saturated carbocycles. The minimum atomic E-state index is -0.196. The van der Waals surface area contributed by atoms with Gasteiger partial charge in [0.2, 0.25) is 0 Å². The Labute approximate surface area is 100 Å². The minimum absolute atomic E-state index is 0.174. The van der Waals surface area contributed by atoms with E-state index in [0.717, 1.165) is 19.5 Å². The van der Waals surface area contributed by atoms with Gasteiger partial charge in [-0.05, 0) is 38.1 Å². The highest BCUT2D eigenvalue weighted by Crippen LogP contribution is 2.31. The fourth-order valence-corrected chi connectivity index (χ4v) is 3.13. The lowest BCUT2D eigenvalue weighted by molar-refractivity contribution is 0.0822. The Kier molecular flexibility index (Phi) is 4.38. The van der Waals surface area contributed by atoms with Crippen molar-refractivity contribution in [1.82, 2.24) is 4.90 Å². The van der Waals surface area contributed by atoms with Crippen LogP contribution < -0.4 is 5.73 Å². The third-order valence-corrected chi connectivity index (χ3v) is 3.72. The van der Waals surface area contributed by atoms with E-state index in [4.69, 9.17) is 5.73 Å². The third kappa shape index (κ3) is 3.19. The van der Waals surface area contributed by atoms with E-state index in [-0.39, 0.29) is 17.6 Å². The number of nitrogens with two attached hydrogens (primary N) is 1. The van der Waals surface area contributed by atoms with Crippen molar-refractivity contribution in [2.45, 2.75) is 59.2 Å². The lowest BCUT2D eigenvalue weighted by atomic mass is 9.82. The van der Waals surface area contributed by atoms with Gasteiger partial charge in [0.05, 0.1) is 6.10 Å². The summed E-state index contributed by atoms with van der Waals surface area (Å²) in [4.78, 5) is 2.46. The monoisotopic (exact) mass is 228 g/mol. The first-order valence-corrected chi connectivity index (χ1v) is 6.41. The van der Waals surface area contributed by atoms with E-state index in [1.165, 1.54) is 0 Å². The van der Waals surface area contributed by atoms with Gasteiger partial charge in [0.1, 0.15) is 0 Å². The quantitative estimate of drug-likeness (QED) is 0.769. The van der Waals surface area contributed by atoms with Gasteiger partial charge in [0.15, 0.2) is 0 Å². The Balaban J connectivity index is 2.69. The normalized spacial score (nSPS) is 29.1. The highest BCUT2D eigenvalue weighted by atomic mass is 16.3. The summed E-state index contributed by atoms with van der Waals surface area (Å²) in [6.07, 6.45) is 0.899. The zero-order valence-electron chi connectivity index (χ0n) is 11.4. The summed E-state index contributed by atoms with van der Waals surface area (Å²) in [6, 6.07) is 0.573. The zero-order valence-corrected chi connectivity index (χ0v) is 11.4. The van der Waals surface area contributed by atoms with Gasteiger partial charge >= 0.3 is 0 Å². The van der Waals surface area contributed by atoms with Crippen LogP contribution in [0.5, 0.6) is 0 Å². The van der Waals surface area contributed by atoms with Crippen molar-refractivity contribution < 1.29 is 5.11 Å². The summed E-state index contributed by atoms with van der Waals surface area (Å²) in [6.45, 7) is 12.8. The molecule has 1 aliphatic rings. The first kappa shape index (κ1) is 13.9. The summed E-state index contributed by atoms with van der Waals surface area (Å²) in [5, 5.41) is 9.64. The number of rotatable bonds is 3. The first-order chi connectivity index (χ1) is 7.23. The standard InChI is InChI=1S/C13H28N2O/c1-9(14)12(13(3,4)5)15-7-6-11(8-15)10(2)16/h9-12,16H,6-8,14H2,1-5H3. The largest absolute Gasteiger partial charge is 0.393 e. The van der Waals surface area contributed by atoms with E-state index in [1.807, 2.05) is 6.92 Å². The Morgan fingerprint density at radius 2 is 1.88 bits per heavy atom. The topological polar surface area (TPSA) is 49.5 Å². The average Bonchev–Trinajstić information content (AvgIpc) is 2.49. The summed E-state index contributed by atoms with van der Waals surface area (Å²) in [7, 11) is 0. The molecule has 4 atom stereocenters. The molecule has 3 heteroatoms. The van der Waals surface area contributed by atoms with Crippen LogP contribution in [0, 0.1) is 11.3 Å². The summed E-state index contributed by atoms with van der Waals surface area (Å²) < 4.78 is 0. The molecule has 1 saturated heterocycles. The van der Waals surface area contributed by atoms with Gasteiger partial charge in [-0.25, -0.2) is 0 Å². The molecule has 96 valence electrons. The predicted molar refractivity (Wildman–Crippen MR) is 68.3 cm³/mol. The van der Waals surface area contributed by atoms with Gasteiger partial charge in [-0.15, -0.1) is 0 Å². The molecule has 0 amide bonds. The van der Waals surface area contributed by atoms with Crippen LogP contribution in [-0.4, -0.2) is 41.3 Å². The van der Waals surface area contributed by atoms with E-state index in [9.17, 15) is 5.11 Å². The second-order valence-electron chi connectivity index (χ2n) is 6.45. The summed E-state index contributed by atoms with van der Waals surface area (Å²) >= 11 is 0. The number of hydrogen-bond acceptors (Lipinski definition) is 3. The van der Waals surface area contributed by atoms with Crippen LogP contribution in [0.25, 0.3) is 0 Å². The van der Waals surface area contributed by atoms with E-state index in [2.05, 4.69) is 32.6 Å². The number of nitrogens with zero attached hydrogens (tertiary/aromatic N) is 1. The average molecular weight is 228 g/mol. The first-order valence-electron chi connectivity index (χ1n) is 6.41. The number of aliphatic hydroxyl groups is 1. The van der Waals surface area contributed by atoms with Gasteiger partial charge < -0.3 is 10.8 Å². The molecule has 0 aromatic carbocycles. The van der Waals surface area contributed by atoms with Crippen molar-refractivity contribution in [1.29, 1.82) is 0 Å². The van der Waals surface area contributed by atoms with Crippen LogP contribution in [0.3, 0.4) is 0 Å². The molecule has 3 N–H and O–H groups in total. The van der Waals surface area contributed by atoms with Gasteiger partial charge in [0.25, 0.3) is 0 Å². The molecule has 0 bridgehead atoms. The molecule has 0 aliphatic carbocycles. The lowest BCUT2D eigenvalue weighted by Crippen LogP contribution is -2.52. The van der Waals surface area contributed by atoms with Crippen LogP contribution in [0.2, 0.25) is 0 Å². The van der Waals surface area contributed by atoms with Crippen molar-refractivity contribution in [2.24, 2.45) is 17.1 Å². The molecular weight excluding hydrogens is 200 g/mol. The van der Waals surface area contributed by atoms with Gasteiger partial charge in [-0.3, -0.25) is 4.90 Å². The fourth-order valence-electron chi connectivity index (χ4n) is 3.13. The second-order valence-corrected chi connectivity index (χ2v) is 6.45. The SMILES string of the molecule is CC(N)C(N1CCC(C(C)O)C1)C(C)(C)C. The zero-order chi connectivity index (χ0) is 12.5. The smallest absolute Gasteiger partial charge is 0.0552 e. The maximum absolute atomic E-state index is 9.64. The maximum Gasteiger partial charge on any atom is 0.0552 e. The van der Waals surface area contributed by atoms with E-state index in [0.29, 0.717) is 12.0 Å². The molecule has 0 radical (unpaired) electrons. The molecule has 16 heavy (non-hydrogen) atoms. The Morgan fingerprint density at radius 1 is 1.31 bits per heavy atom. The van der Waals surface area contributed by atoms with E-state index in [1.54, 1.807) is 0 Å². The van der Waals surface area contributed by atoms with Gasteiger partial charge in [-0.2, -0.15) is 0 Å². The Hall–Kier alpha value is -0.120. The van der Waals surface area contributed by atoms with Crippen LogP contribution in [0.15, 0.2) is 0 Å². The Bertz CT molecular complexity index is 220. The van der Waals surface area contributed by atoms with Crippen molar-refractivity contribution in [3.63, 3.8) is 0 Å². The molecule has 1 fully saturated rings. The maximum atomic E-state index is 9.64. The third-order valence-electron chi connectivity index (χ3n) is 3.72. The molecule has 4 unspecified atom stereocenters. The molecular formula is C13H28N2O. The van der Waals surface area contributed by atoms with Crippen molar-refractivity contribution in [2.75, 3.05) is 13.1 Å². The van der Waals surface area contributed by atoms with Gasteiger partial charge in [-0.1, -0.05) is 20.8 Å². The summed E-state index contributed by atoms with van der Waals surface area (Å²) in [5.41, 5.74) is 6.32. The fraction of sp³-hybridized carbons (Fsp3) is 1.00. The Morgan fingerprint density at radius 3 is 2.19 bits per heavy atom.